The summed E-state index contributed by atoms with van der Waals surface area (Å²) >= 11 is 1.73. The maximum Gasteiger partial charge on any atom is 0.255 e. The molecule has 0 bridgehead atoms. The van der Waals surface area contributed by atoms with Gasteiger partial charge in [-0.05, 0) is 68.3 Å². The van der Waals surface area contributed by atoms with Crippen LogP contribution in [0.15, 0.2) is 71.6 Å². The summed E-state index contributed by atoms with van der Waals surface area (Å²) < 4.78 is 5.77. The largest absolute Gasteiger partial charge is 0.494 e. The molecule has 0 aromatic heterocycles. The third-order valence-electron chi connectivity index (χ3n) is 4.61. The summed E-state index contributed by atoms with van der Waals surface area (Å²) in [6.07, 6.45) is 0. The second-order valence-electron chi connectivity index (χ2n) is 6.56. The van der Waals surface area contributed by atoms with Crippen molar-refractivity contribution in [2.75, 3.05) is 11.9 Å². The maximum absolute atomic E-state index is 12.8. The van der Waals surface area contributed by atoms with E-state index in [1.807, 2.05) is 75.4 Å². The van der Waals surface area contributed by atoms with Crippen LogP contribution in [-0.4, -0.2) is 12.5 Å². The zero-order chi connectivity index (χ0) is 19.9. The molecule has 3 aromatic rings. The van der Waals surface area contributed by atoms with Gasteiger partial charge in [0.05, 0.1) is 6.61 Å². The smallest absolute Gasteiger partial charge is 0.255 e. The SMILES string of the molecule is CCOc1ccc(C(=O)Nc2cccc(C)c2C)cc1CSc1ccccc1. The number of nitrogens with one attached hydrogen (secondary N) is 1. The van der Waals surface area contributed by atoms with Gasteiger partial charge in [-0.1, -0.05) is 30.3 Å². The zero-order valence-corrected chi connectivity index (χ0v) is 17.3. The van der Waals surface area contributed by atoms with Gasteiger partial charge in [0.1, 0.15) is 5.75 Å². The molecule has 0 aliphatic heterocycles. The standard InChI is InChI=1S/C24H25NO2S/c1-4-27-23-14-13-19(15-20(23)16-28-21-10-6-5-7-11-21)24(26)25-22-12-8-9-17(2)18(22)3/h5-15H,4,16H2,1-3H3,(H,25,26). The van der Waals surface area contributed by atoms with Crippen molar-refractivity contribution < 1.29 is 9.53 Å². The Morgan fingerprint density at radius 2 is 1.79 bits per heavy atom. The number of hydrogen-bond donors (Lipinski definition) is 1. The van der Waals surface area contributed by atoms with Crippen molar-refractivity contribution in [3.8, 4) is 5.75 Å². The highest BCUT2D eigenvalue weighted by molar-refractivity contribution is 7.98. The van der Waals surface area contributed by atoms with Gasteiger partial charge >= 0.3 is 0 Å². The Morgan fingerprint density at radius 3 is 2.54 bits per heavy atom. The molecule has 28 heavy (non-hydrogen) atoms. The molecular formula is C24H25NO2S. The molecule has 144 valence electrons. The molecule has 1 N–H and O–H groups in total. The summed E-state index contributed by atoms with van der Waals surface area (Å²) in [5.41, 5.74) is 4.74. The van der Waals surface area contributed by atoms with Gasteiger partial charge in [0, 0.05) is 27.5 Å². The van der Waals surface area contributed by atoms with E-state index in [0.717, 1.165) is 33.9 Å². The maximum atomic E-state index is 12.8. The van der Waals surface area contributed by atoms with Crippen LogP contribution >= 0.6 is 11.8 Å². The molecule has 0 spiro atoms. The number of ether oxygens (including phenoxy) is 1. The summed E-state index contributed by atoms with van der Waals surface area (Å²) in [7, 11) is 0. The molecule has 0 saturated heterocycles. The highest BCUT2D eigenvalue weighted by Crippen LogP contribution is 2.29. The summed E-state index contributed by atoms with van der Waals surface area (Å²) in [6.45, 7) is 6.62. The van der Waals surface area contributed by atoms with Gasteiger partial charge in [-0.2, -0.15) is 0 Å². The second-order valence-corrected chi connectivity index (χ2v) is 7.61. The Morgan fingerprint density at radius 1 is 1.00 bits per heavy atom. The first-order valence-corrected chi connectivity index (χ1v) is 10.4. The number of amides is 1. The molecule has 4 heteroatoms. The lowest BCUT2D eigenvalue weighted by Gasteiger charge is -2.14. The quantitative estimate of drug-likeness (QED) is 0.484. The highest BCUT2D eigenvalue weighted by atomic mass is 32.2. The fraction of sp³-hybridized carbons (Fsp3) is 0.208. The van der Waals surface area contributed by atoms with Gasteiger partial charge in [-0.25, -0.2) is 0 Å². The molecule has 3 nitrogen and oxygen atoms in total. The minimum absolute atomic E-state index is 0.109. The second kappa shape index (κ2) is 9.47. The van der Waals surface area contributed by atoms with E-state index in [0.29, 0.717) is 12.2 Å². The summed E-state index contributed by atoms with van der Waals surface area (Å²) in [6, 6.07) is 21.8. The lowest BCUT2D eigenvalue weighted by atomic mass is 10.1. The van der Waals surface area contributed by atoms with E-state index in [-0.39, 0.29) is 5.91 Å². The third kappa shape index (κ3) is 4.96. The number of aryl methyl sites for hydroxylation is 1. The zero-order valence-electron chi connectivity index (χ0n) is 16.5. The monoisotopic (exact) mass is 391 g/mol. The van der Waals surface area contributed by atoms with Gasteiger partial charge in [0.25, 0.3) is 5.91 Å². The normalized spacial score (nSPS) is 10.5. The molecule has 0 atom stereocenters. The molecule has 0 aliphatic carbocycles. The number of carbonyl (C=O) groups is 1. The van der Waals surface area contributed by atoms with Crippen LogP contribution in [0, 0.1) is 13.8 Å². The van der Waals surface area contributed by atoms with Gasteiger partial charge < -0.3 is 10.1 Å². The topological polar surface area (TPSA) is 38.3 Å². The van der Waals surface area contributed by atoms with Crippen molar-refractivity contribution in [2.24, 2.45) is 0 Å². The molecule has 0 fully saturated rings. The number of anilines is 1. The molecule has 3 rings (SSSR count). The van der Waals surface area contributed by atoms with Crippen LogP contribution in [0.25, 0.3) is 0 Å². The average molecular weight is 392 g/mol. The van der Waals surface area contributed by atoms with E-state index in [1.165, 1.54) is 4.90 Å². The summed E-state index contributed by atoms with van der Waals surface area (Å²) in [5, 5.41) is 3.03. The molecule has 0 heterocycles. The van der Waals surface area contributed by atoms with Crippen molar-refractivity contribution in [3.05, 3.63) is 89.0 Å². The molecule has 3 aromatic carbocycles. The molecule has 0 radical (unpaired) electrons. The summed E-state index contributed by atoms with van der Waals surface area (Å²) in [4.78, 5) is 14.0. The van der Waals surface area contributed by atoms with Crippen molar-refractivity contribution in [1.82, 2.24) is 0 Å². The first-order chi connectivity index (χ1) is 13.6. The third-order valence-corrected chi connectivity index (χ3v) is 5.67. The van der Waals surface area contributed by atoms with Crippen LogP contribution < -0.4 is 10.1 Å². The van der Waals surface area contributed by atoms with E-state index in [9.17, 15) is 4.79 Å². The van der Waals surface area contributed by atoms with E-state index in [2.05, 4.69) is 17.4 Å². The Hall–Kier alpha value is -2.72. The minimum atomic E-state index is -0.109. The van der Waals surface area contributed by atoms with Gasteiger partial charge in [0.2, 0.25) is 0 Å². The number of rotatable bonds is 7. The predicted octanol–water partition coefficient (Wildman–Crippen LogP) is 6.25. The van der Waals surface area contributed by atoms with Crippen LogP contribution in [0.3, 0.4) is 0 Å². The van der Waals surface area contributed by atoms with Crippen molar-refractivity contribution in [2.45, 2.75) is 31.4 Å². The molecule has 0 unspecified atom stereocenters. The Balaban J connectivity index is 1.81. The number of thioether (sulfide) groups is 1. The molecule has 0 saturated carbocycles. The van der Waals surface area contributed by atoms with E-state index >= 15 is 0 Å². The first kappa shape index (κ1) is 20.0. The van der Waals surface area contributed by atoms with Crippen molar-refractivity contribution >= 4 is 23.4 Å². The van der Waals surface area contributed by atoms with Crippen molar-refractivity contribution in [1.29, 1.82) is 0 Å². The van der Waals surface area contributed by atoms with E-state index < -0.39 is 0 Å². The van der Waals surface area contributed by atoms with Crippen molar-refractivity contribution in [3.63, 3.8) is 0 Å². The number of hydrogen-bond acceptors (Lipinski definition) is 3. The van der Waals surface area contributed by atoms with E-state index in [4.69, 9.17) is 4.74 Å². The van der Waals surface area contributed by atoms with Gasteiger partial charge in [-0.15, -0.1) is 11.8 Å². The lowest BCUT2D eigenvalue weighted by Crippen LogP contribution is -2.13. The van der Waals surface area contributed by atoms with Gasteiger partial charge in [-0.3, -0.25) is 4.79 Å². The minimum Gasteiger partial charge on any atom is -0.494 e. The Labute approximate surface area is 171 Å². The highest BCUT2D eigenvalue weighted by Gasteiger charge is 2.13. The molecule has 0 aliphatic rings. The number of carbonyl (C=O) groups excluding carboxylic acids is 1. The Kier molecular flexibility index (Phi) is 6.77. The van der Waals surface area contributed by atoms with Crippen LogP contribution in [0.1, 0.15) is 34.0 Å². The van der Waals surface area contributed by atoms with Crippen LogP contribution in [0.5, 0.6) is 5.75 Å². The Bertz CT molecular complexity index is 954. The number of benzene rings is 3. The fourth-order valence-corrected chi connectivity index (χ4v) is 3.79. The molecular weight excluding hydrogens is 366 g/mol. The average Bonchev–Trinajstić information content (AvgIpc) is 2.71. The van der Waals surface area contributed by atoms with Crippen LogP contribution in [-0.2, 0) is 5.75 Å². The lowest BCUT2D eigenvalue weighted by molar-refractivity contribution is 0.102. The van der Waals surface area contributed by atoms with Crippen LogP contribution in [0.4, 0.5) is 5.69 Å². The molecule has 1 amide bonds. The first-order valence-electron chi connectivity index (χ1n) is 9.39. The predicted molar refractivity (Wildman–Crippen MR) is 117 cm³/mol. The van der Waals surface area contributed by atoms with E-state index in [1.54, 1.807) is 11.8 Å². The summed E-state index contributed by atoms with van der Waals surface area (Å²) in [5.74, 6) is 1.46. The van der Waals surface area contributed by atoms with Crippen LogP contribution in [0.2, 0.25) is 0 Å². The fourth-order valence-electron chi connectivity index (χ4n) is 2.89. The van der Waals surface area contributed by atoms with Gasteiger partial charge in [0.15, 0.2) is 0 Å².